The predicted molar refractivity (Wildman–Crippen MR) is 70.1 cm³/mol. The summed E-state index contributed by atoms with van der Waals surface area (Å²) in [6.07, 6.45) is 9.82. The van der Waals surface area contributed by atoms with Gasteiger partial charge in [-0.3, -0.25) is 0 Å². The topological polar surface area (TPSA) is 21.1 Å². The highest BCUT2D eigenvalue weighted by Gasteiger charge is 2.09. The van der Waals surface area contributed by atoms with Gasteiger partial charge in [0, 0.05) is 12.2 Å². The van der Waals surface area contributed by atoms with E-state index in [4.69, 9.17) is 0 Å². The van der Waals surface area contributed by atoms with Gasteiger partial charge in [-0.25, -0.2) is 4.98 Å². The number of nitrogens with zero attached hydrogens (tertiary/aromatic N) is 3. The third-order valence-corrected chi connectivity index (χ3v) is 3.82. The van der Waals surface area contributed by atoms with Crippen molar-refractivity contribution in [2.75, 3.05) is 19.6 Å². The minimum atomic E-state index is 1.07. The van der Waals surface area contributed by atoms with Crippen LogP contribution in [0.1, 0.15) is 43.5 Å². The molecule has 0 saturated carbocycles. The van der Waals surface area contributed by atoms with E-state index in [2.05, 4.69) is 34.6 Å². The Morgan fingerprint density at radius 3 is 2.41 bits per heavy atom. The smallest absolute Gasteiger partial charge is 0.176 e. The lowest BCUT2D eigenvalue weighted by atomic mass is 10.1. The molecule has 0 aliphatic carbocycles. The zero-order valence-corrected chi connectivity index (χ0v) is 11.2. The fourth-order valence-electron chi connectivity index (χ4n) is 2.49. The molecule has 0 unspecified atom stereocenters. The highest BCUT2D eigenvalue weighted by Crippen LogP contribution is 2.10. The standard InChI is InChI=1S/C14H24N3/c1-13-14(2)17(12-15-13)11-7-6-10-16-8-4-3-5-9-16/h3-11H2,1-2H3. The molecule has 0 amide bonds. The number of hydrogen-bond acceptors (Lipinski definition) is 2. The number of aromatic nitrogens is 2. The van der Waals surface area contributed by atoms with E-state index in [1.807, 2.05) is 0 Å². The fraction of sp³-hybridized carbons (Fsp3) is 0.786. The number of aryl methyl sites for hydroxylation is 2. The van der Waals surface area contributed by atoms with Crippen LogP contribution in [0.4, 0.5) is 0 Å². The Balaban J connectivity index is 1.64. The highest BCUT2D eigenvalue weighted by atomic mass is 15.1. The van der Waals surface area contributed by atoms with Crippen molar-refractivity contribution >= 4 is 0 Å². The van der Waals surface area contributed by atoms with Crippen LogP contribution < -0.4 is 0 Å². The molecule has 1 aromatic heterocycles. The molecule has 95 valence electrons. The second-order valence-electron chi connectivity index (χ2n) is 5.14. The lowest BCUT2D eigenvalue weighted by Crippen LogP contribution is -2.30. The van der Waals surface area contributed by atoms with Gasteiger partial charge in [-0.1, -0.05) is 6.42 Å². The van der Waals surface area contributed by atoms with E-state index in [9.17, 15) is 0 Å². The number of unbranched alkanes of at least 4 members (excludes halogenated alkanes) is 1. The van der Waals surface area contributed by atoms with E-state index in [0.717, 1.165) is 12.2 Å². The first kappa shape index (κ1) is 12.6. The van der Waals surface area contributed by atoms with Crippen molar-refractivity contribution in [2.45, 2.75) is 52.5 Å². The Morgan fingerprint density at radius 1 is 1.06 bits per heavy atom. The summed E-state index contributed by atoms with van der Waals surface area (Å²) < 4.78 is 2.16. The quantitative estimate of drug-likeness (QED) is 0.730. The van der Waals surface area contributed by atoms with Gasteiger partial charge < -0.3 is 9.47 Å². The average Bonchev–Trinajstić information content (AvgIpc) is 2.67. The number of imidazole rings is 1. The molecular weight excluding hydrogens is 210 g/mol. The first-order valence-electron chi connectivity index (χ1n) is 6.91. The molecule has 0 spiro atoms. The summed E-state index contributed by atoms with van der Waals surface area (Å²) in [4.78, 5) is 6.82. The summed E-state index contributed by atoms with van der Waals surface area (Å²) in [5.74, 6) is 0. The maximum atomic E-state index is 4.21. The molecule has 2 heterocycles. The highest BCUT2D eigenvalue weighted by molar-refractivity contribution is 5.07. The Bertz CT molecular complexity index is 337. The first-order valence-corrected chi connectivity index (χ1v) is 6.91. The van der Waals surface area contributed by atoms with Gasteiger partial charge in [0.15, 0.2) is 6.33 Å². The fourth-order valence-corrected chi connectivity index (χ4v) is 2.49. The molecule has 17 heavy (non-hydrogen) atoms. The zero-order valence-electron chi connectivity index (χ0n) is 11.2. The molecule has 3 nitrogen and oxygen atoms in total. The van der Waals surface area contributed by atoms with Gasteiger partial charge in [0.2, 0.25) is 0 Å². The second kappa shape index (κ2) is 6.20. The van der Waals surface area contributed by atoms with Gasteiger partial charge in [0.25, 0.3) is 0 Å². The van der Waals surface area contributed by atoms with Gasteiger partial charge in [-0.05, 0) is 59.2 Å². The van der Waals surface area contributed by atoms with Crippen LogP contribution in [0.2, 0.25) is 0 Å². The van der Waals surface area contributed by atoms with Crippen LogP contribution in [-0.4, -0.2) is 34.1 Å². The minimum Gasteiger partial charge on any atom is -0.326 e. The van der Waals surface area contributed by atoms with Crippen molar-refractivity contribution in [3.63, 3.8) is 0 Å². The monoisotopic (exact) mass is 234 g/mol. The average molecular weight is 234 g/mol. The van der Waals surface area contributed by atoms with E-state index < -0.39 is 0 Å². The van der Waals surface area contributed by atoms with Gasteiger partial charge >= 0.3 is 0 Å². The van der Waals surface area contributed by atoms with Crippen LogP contribution in [-0.2, 0) is 6.54 Å². The molecule has 1 radical (unpaired) electrons. The zero-order chi connectivity index (χ0) is 12.1. The van der Waals surface area contributed by atoms with Gasteiger partial charge in [-0.15, -0.1) is 0 Å². The summed E-state index contributed by atoms with van der Waals surface area (Å²) >= 11 is 0. The van der Waals surface area contributed by atoms with E-state index in [1.54, 1.807) is 0 Å². The van der Waals surface area contributed by atoms with Gasteiger partial charge in [0.05, 0.1) is 5.69 Å². The molecule has 2 rings (SSSR count). The number of hydrogen-bond donors (Lipinski definition) is 0. The van der Waals surface area contributed by atoms with Crippen molar-refractivity contribution in [3.05, 3.63) is 17.7 Å². The van der Waals surface area contributed by atoms with Crippen LogP contribution in [0.15, 0.2) is 0 Å². The maximum absolute atomic E-state index is 4.21. The van der Waals surface area contributed by atoms with Crippen molar-refractivity contribution in [1.82, 2.24) is 14.5 Å². The molecule has 0 aromatic carbocycles. The van der Waals surface area contributed by atoms with E-state index in [-0.39, 0.29) is 0 Å². The molecule has 1 aromatic rings. The summed E-state index contributed by atoms with van der Waals surface area (Å²) in [6.45, 7) is 9.15. The van der Waals surface area contributed by atoms with Gasteiger partial charge in [0.1, 0.15) is 0 Å². The molecule has 1 aliphatic heterocycles. The largest absolute Gasteiger partial charge is 0.326 e. The molecule has 0 atom stereocenters. The Morgan fingerprint density at radius 2 is 1.76 bits per heavy atom. The SMILES string of the molecule is Cc1n[c]n(CCCCN2CCCCC2)c1C. The number of piperidine rings is 1. The lowest BCUT2D eigenvalue weighted by molar-refractivity contribution is 0.223. The van der Waals surface area contributed by atoms with Crippen LogP contribution in [0.5, 0.6) is 0 Å². The molecule has 3 heteroatoms. The maximum Gasteiger partial charge on any atom is 0.176 e. The molecule has 0 bridgehead atoms. The van der Waals surface area contributed by atoms with E-state index in [0.29, 0.717) is 0 Å². The Hall–Kier alpha value is -0.830. The third-order valence-electron chi connectivity index (χ3n) is 3.82. The number of likely N-dealkylation sites (tertiary alicyclic amines) is 1. The summed E-state index contributed by atoms with van der Waals surface area (Å²) in [5.41, 5.74) is 2.38. The molecule has 1 fully saturated rings. The third kappa shape index (κ3) is 3.56. The van der Waals surface area contributed by atoms with Crippen LogP contribution in [0.25, 0.3) is 0 Å². The minimum absolute atomic E-state index is 1.07. The van der Waals surface area contributed by atoms with Crippen LogP contribution >= 0.6 is 0 Å². The van der Waals surface area contributed by atoms with Crippen molar-refractivity contribution in [2.24, 2.45) is 0 Å². The molecule has 0 N–H and O–H groups in total. The normalized spacial score (nSPS) is 17.5. The summed E-state index contributed by atoms with van der Waals surface area (Å²) in [5, 5.41) is 0. The van der Waals surface area contributed by atoms with E-state index >= 15 is 0 Å². The van der Waals surface area contributed by atoms with E-state index in [1.165, 1.54) is 57.4 Å². The second-order valence-corrected chi connectivity index (χ2v) is 5.14. The van der Waals surface area contributed by atoms with Crippen molar-refractivity contribution < 1.29 is 0 Å². The summed E-state index contributed by atoms with van der Waals surface area (Å²) in [6, 6.07) is 0. The Labute approximate surface area is 105 Å². The molecule has 1 aliphatic rings. The molecular formula is C14H24N3. The summed E-state index contributed by atoms with van der Waals surface area (Å²) in [7, 11) is 0. The van der Waals surface area contributed by atoms with Crippen molar-refractivity contribution in [1.29, 1.82) is 0 Å². The van der Waals surface area contributed by atoms with Gasteiger partial charge in [-0.2, -0.15) is 0 Å². The lowest BCUT2D eigenvalue weighted by Gasteiger charge is -2.26. The Kier molecular flexibility index (Phi) is 4.60. The predicted octanol–water partition coefficient (Wildman–Crippen LogP) is 2.57. The first-order chi connectivity index (χ1) is 8.27. The molecule has 1 saturated heterocycles. The number of rotatable bonds is 5. The van der Waals surface area contributed by atoms with Crippen molar-refractivity contribution in [3.8, 4) is 0 Å². The van der Waals surface area contributed by atoms with Crippen LogP contribution in [0, 0.1) is 20.2 Å². The van der Waals surface area contributed by atoms with Crippen LogP contribution in [0.3, 0.4) is 0 Å².